The minimum absolute atomic E-state index is 0.0717. The summed E-state index contributed by atoms with van der Waals surface area (Å²) < 4.78 is 0. The molecule has 0 spiro atoms. The maximum Gasteiger partial charge on any atom is 0.233 e. The van der Waals surface area contributed by atoms with Crippen LogP contribution in [-0.2, 0) is 4.79 Å². The predicted octanol–water partition coefficient (Wildman–Crippen LogP) is 0.877. The smallest absolute Gasteiger partial charge is 0.233 e. The monoisotopic (exact) mass is 201 g/mol. The molecule has 0 aromatic rings. The molecule has 0 rings (SSSR count). The Labute approximate surface area is 86.8 Å². The lowest BCUT2D eigenvalue weighted by Crippen LogP contribution is -2.32. The third-order valence-corrected chi connectivity index (χ3v) is 2.40. The number of unbranched alkanes of at least 4 members (excludes halogenated alkanes) is 1. The molecule has 0 unspecified atom stereocenters. The van der Waals surface area contributed by atoms with Crippen LogP contribution in [-0.4, -0.2) is 29.9 Å². The quantitative estimate of drug-likeness (QED) is 0.278. The molecule has 0 aliphatic carbocycles. The van der Waals surface area contributed by atoms with Crippen molar-refractivity contribution in [1.29, 1.82) is 0 Å². The van der Waals surface area contributed by atoms with Gasteiger partial charge in [-0.1, -0.05) is 6.92 Å². The van der Waals surface area contributed by atoms with E-state index in [-0.39, 0.29) is 5.91 Å². The van der Waals surface area contributed by atoms with Crippen molar-refractivity contribution in [2.24, 2.45) is 5.84 Å². The third kappa shape index (κ3) is 5.94. The standard InChI is InChI=1S/C10H23N3O/c1-4-13(9(2)3)8-6-5-7-10(14)12-11/h9H,4-8,11H2,1-3H3,(H,12,14). The van der Waals surface area contributed by atoms with Gasteiger partial charge in [0.2, 0.25) is 5.91 Å². The van der Waals surface area contributed by atoms with Gasteiger partial charge in [0.1, 0.15) is 0 Å². The first-order valence-corrected chi connectivity index (χ1v) is 5.35. The van der Waals surface area contributed by atoms with Gasteiger partial charge in [-0.3, -0.25) is 10.2 Å². The maximum absolute atomic E-state index is 10.8. The lowest BCUT2D eigenvalue weighted by Gasteiger charge is -2.24. The van der Waals surface area contributed by atoms with Gasteiger partial charge in [-0.2, -0.15) is 0 Å². The van der Waals surface area contributed by atoms with Gasteiger partial charge < -0.3 is 4.90 Å². The molecule has 0 saturated heterocycles. The average molecular weight is 201 g/mol. The van der Waals surface area contributed by atoms with Gasteiger partial charge in [0.05, 0.1) is 0 Å². The Bertz CT molecular complexity index is 159. The Morgan fingerprint density at radius 3 is 2.50 bits per heavy atom. The molecular weight excluding hydrogens is 178 g/mol. The summed E-state index contributed by atoms with van der Waals surface area (Å²) in [5.74, 6) is 4.91. The number of hydrazine groups is 1. The van der Waals surface area contributed by atoms with Crippen LogP contribution < -0.4 is 11.3 Å². The summed E-state index contributed by atoms with van der Waals surface area (Å²) in [6, 6.07) is 0.586. The molecule has 0 saturated carbocycles. The van der Waals surface area contributed by atoms with Crippen LogP contribution in [0.5, 0.6) is 0 Å². The van der Waals surface area contributed by atoms with Gasteiger partial charge in [0.15, 0.2) is 0 Å². The number of nitrogens with one attached hydrogen (secondary N) is 1. The number of hydrogen-bond donors (Lipinski definition) is 2. The van der Waals surface area contributed by atoms with Crippen LogP contribution in [0, 0.1) is 0 Å². The Balaban J connectivity index is 3.47. The highest BCUT2D eigenvalue weighted by atomic mass is 16.2. The second-order valence-corrected chi connectivity index (χ2v) is 3.75. The third-order valence-electron chi connectivity index (χ3n) is 2.40. The van der Waals surface area contributed by atoms with E-state index in [1.807, 2.05) is 0 Å². The fourth-order valence-corrected chi connectivity index (χ4v) is 1.45. The molecule has 0 radical (unpaired) electrons. The summed E-state index contributed by atoms with van der Waals surface area (Å²) in [4.78, 5) is 13.2. The molecule has 0 aliphatic rings. The molecule has 4 heteroatoms. The average Bonchev–Trinajstić information content (AvgIpc) is 2.16. The van der Waals surface area contributed by atoms with Gasteiger partial charge in [0.25, 0.3) is 0 Å². The van der Waals surface area contributed by atoms with E-state index in [1.165, 1.54) is 0 Å². The van der Waals surface area contributed by atoms with E-state index in [0.717, 1.165) is 25.9 Å². The zero-order valence-corrected chi connectivity index (χ0v) is 9.55. The van der Waals surface area contributed by atoms with Crippen LogP contribution in [0.3, 0.4) is 0 Å². The highest BCUT2D eigenvalue weighted by Gasteiger charge is 2.06. The Kier molecular flexibility index (Phi) is 7.42. The second-order valence-electron chi connectivity index (χ2n) is 3.75. The van der Waals surface area contributed by atoms with Crippen molar-refractivity contribution in [2.45, 2.75) is 46.1 Å². The van der Waals surface area contributed by atoms with Crippen LogP contribution in [0.15, 0.2) is 0 Å². The molecule has 0 atom stereocenters. The Morgan fingerprint density at radius 2 is 2.07 bits per heavy atom. The van der Waals surface area contributed by atoms with Gasteiger partial charge in [-0.25, -0.2) is 5.84 Å². The molecule has 1 amide bonds. The van der Waals surface area contributed by atoms with Crippen molar-refractivity contribution in [3.8, 4) is 0 Å². The molecule has 0 aliphatic heterocycles. The Morgan fingerprint density at radius 1 is 1.43 bits per heavy atom. The molecule has 0 fully saturated rings. The van der Waals surface area contributed by atoms with Crippen molar-refractivity contribution < 1.29 is 4.79 Å². The number of carbonyl (C=O) groups excluding carboxylic acids is 1. The fraction of sp³-hybridized carbons (Fsp3) is 0.900. The van der Waals surface area contributed by atoms with Crippen LogP contribution in [0.4, 0.5) is 0 Å². The summed E-state index contributed by atoms with van der Waals surface area (Å²) in [6.07, 6.45) is 2.50. The summed E-state index contributed by atoms with van der Waals surface area (Å²) in [6.45, 7) is 8.67. The molecule has 3 N–H and O–H groups in total. The van der Waals surface area contributed by atoms with Crippen molar-refractivity contribution in [3.63, 3.8) is 0 Å². The van der Waals surface area contributed by atoms with Crippen molar-refractivity contribution in [3.05, 3.63) is 0 Å². The number of nitrogens with two attached hydrogens (primary N) is 1. The van der Waals surface area contributed by atoms with Crippen molar-refractivity contribution in [2.75, 3.05) is 13.1 Å². The van der Waals surface area contributed by atoms with Crippen LogP contribution in [0.25, 0.3) is 0 Å². The number of hydrogen-bond acceptors (Lipinski definition) is 3. The lowest BCUT2D eigenvalue weighted by atomic mass is 10.2. The largest absolute Gasteiger partial charge is 0.301 e. The van der Waals surface area contributed by atoms with E-state index in [1.54, 1.807) is 0 Å². The zero-order valence-electron chi connectivity index (χ0n) is 9.55. The first-order chi connectivity index (χ1) is 6.61. The summed E-state index contributed by atoms with van der Waals surface area (Å²) in [7, 11) is 0. The minimum Gasteiger partial charge on any atom is -0.301 e. The molecule has 14 heavy (non-hydrogen) atoms. The molecule has 0 bridgehead atoms. The van der Waals surface area contributed by atoms with Gasteiger partial charge in [0, 0.05) is 12.5 Å². The molecule has 4 nitrogen and oxygen atoms in total. The normalized spacial score (nSPS) is 11.0. The molecule has 0 aromatic carbocycles. The highest BCUT2D eigenvalue weighted by Crippen LogP contribution is 2.02. The fourth-order valence-electron chi connectivity index (χ4n) is 1.45. The second kappa shape index (κ2) is 7.76. The topological polar surface area (TPSA) is 58.4 Å². The Hall–Kier alpha value is -0.610. The molecule has 0 heterocycles. The van der Waals surface area contributed by atoms with Gasteiger partial charge in [-0.15, -0.1) is 0 Å². The number of carbonyl (C=O) groups is 1. The summed E-state index contributed by atoms with van der Waals surface area (Å²) in [5.41, 5.74) is 2.14. The summed E-state index contributed by atoms with van der Waals surface area (Å²) >= 11 is 0. The van der Waals surface area contributed by atoms with Crippen molar-refractivity contribution in [1.82, 2.24) is 10.3 Å². The van der Waals surface area contributed by atoms with E-state index in [4.69, 9.17) is 5.84 Å². The number of amides is 1. The van der Waals surface area contributed by atoms with Gasteiger partial charge >= 0.3 is 0 Å². The zero-order chi connectivity index (χ0) is 11.0. The highest BCUT2D eigenvalue weighted by molar-refractivity contribution is 5.74. The van der Waals surface area contributed by atoms with Crippen LogP contribution in [0.1, 0.15) is 40.0 Å². The first kappa shape index (κ1) is 13.4. The maximum atomic E-state index is 10.8. The van der Waals surface area contributed by atoms with Crippen LogP contribution in [0.2, 0.25) is 0 Å². The van der Waals surface area contributed by atoms with Crippen molar-refractivity contribution >= 4 is 5.91 Å². The minimum atomic E-state index is -0.0717. The van der Waals surface area contributed by atoms with Crippen LogP contribution >= 0.6 is 0 Å². The van der Waals surface area contributed by atoms with E-state index in [9.17, 15) is 4.79 Å². The molecule has 0 aromatic heterocycles. The van der Waals surface area contributed by atoms with E-state index in [2.05, 4.69) is 31.1 Å². The number of rotatable bonds is 7. The lowest BCUT2D eigenvalue weighted by molar-refractivity contribution is -0.121. The predicted molar refractivity (Wildman–Crippen MR) is 58.6 cm³/mol. The number of nitrogens with zero attached hydrogens (tertiary/aromatic N) is 1. The molecular formula is C10H23N3O. The SMILES string of the molecule is CCN(CCCCC(=O)NN)C(C)C. The van der Waals surface area contributed by atoms with Gasteiger partial charge in [-0.05, 0) is 39.8 Å². The molecule has 84 valence electrons. The van der Waals surface area contributed by atoms with E-state index >= 15 is 0 Å². The summed E-state index contributed by atoms with van der Waals surface area (Å²) in [5, 5.41) is 0. The van der Waals surface area contributed by atoms with E-state index < -0.39 is 0 Å². The van der Waals surface area contributed by atoms with E-state index in [0.29, 0.717) is 12.5 Å². The first-order valence-electron chi connectivity index (χ1n) is 5.35.